The number of rotatable bonds is 8. The third-order valence-electron chi connectivity index (χ3n) is 5.35. The van der Waals surface area contributed by atoms with Gasteiger partial charge in [0.2, 0.25) is 0 Å². The summed E-state index contributed by atoms with van der Waals surface area (Å²) in [6.45, 7) is 5.40. The van der Waals surface area contributed by atoms with Crippen molar-refractivity contribution in [2.45, 2.75) is 50.9 Å². The van der Waals surface area contributed by atoms with E-state index in [-0.39, 0.29) is 19.4 Å². The van der Waals surface area contributed by atoms with Gasteiger partial charge in [-0.15, -0.1) is 0 Å². The lowest BCUT2D eigenvalue weighted by atomic mass is 9.64. The Bertz CT molecular complexity index is 914. The van der Waals surface area contributed by atoms with Crippen LogP contribution in [0.25, 0.3) is 0 Å². The van der Waals surface area contributed by atoms with Crippen LogP contribution in [0.5, 0.6) is 0 Å². The van der Waals surface area contributed by atoms with E-state index >= 15 is 0 Å². The number of hydrogen-bond donors (Lipinski definition) is 4. The van der Waals surface area contributed by atoms with Gasteiger partial charge < -0.3 is 27.7 Å². The van der Waals surface area contributed by atoms with E-state index < -0.39 is 28.7 Å². The molecule has 0 amide bonds. The molecule has 0 aliphatic heterocycles. The van der Waals surface area contributed by atoms with Crippen LogP contribution in [0.2, 0.25) is 0 Å². The molecule has 0 saturated carbocycles. The Hall–Kier alpha value is -1.29. The molecular formula is C23H32Br2N4O2. The number of halogens is 2. The second-order valence-corrected chi connectivity index (χ2v) is 10.6. The molecule has 0 radical (unpaired) electrons. The van der Waals surface area contributed by atoms with Crippen LogP contribution in [0.3, 0.4) is 0 Å². The fraction of sp³-hybridized carbons (Fsp3) is 0.435. The molecule has 2 rings (SSSR count). The molecule has 0 bridgehead atoms. The molecule has 6 nitrogen and oxygen atoms in total. The molecule has 31 heavy (non-hydrogen) atoms. The standard InChI is InChI=1S/C23H32Br2N4O2/c1-21(2,3)31-20(30)22(19(27)14-26,12-15-8-4-6-10-17(15)24)23(28,29)13-16-9-5-7-11-18(16)25/h4-11,19H,12-14,26-29H2,1-3H3. The van der Waals surface area contributed by atoms with Crippen LogP contribution < -0.4 is 22.9 Å². The third-order valence-corrected chi connectivity index (χ3v) is 6.90. The highest BCUT2D eigenvalue weighted by Gasteiger charge is 2.58. The zero-order valence-corrected chi connectivity index (χ0v) is 21.4. The maximum atomic E-state index is 13.8. The van der Waals surface area contributed by atoms with Crippen molar-refractivity contribution in [3.8, 4) is 0 Å². The van der Waals surface area contributed by atoms with E-state index in [2.05, 4.69) is 31.9 Å². The van der Waals surface area contributed by atoms with Crippen molar-refractivity contribution in [1.82, 2.24) is 0 Å². The Labute approximate surface area is 201 Å². The Morgan fingerprint density at radius 1 is 0.935 bits per heavy atom. The van der Waals surface area contributed by atoms with E-state index in [4.69, 9.17) is 27.7 Å². The van der Waals surface area contributed by atoms with Crippen molar-refractivity contribution >= 4 is 37.8 Å². The van der Waals surface area contributed by atoms with Crippen molar-refractivity contribution in [2.24, 2.45) is 28.3 Å². The summed E-state index contributed by atoms with van der Waals surface area (Å²) in [5, 5.41) is 0. The normalized spacial score (nSPS) is 15.3. The summed E-state index contributed by atoms with van der Waals surface area (Å²) < 4.78 is 7.50. The van der Waals surface area contributed by atoms with Gasteiger partial charge in [0.1, 0.15) is 11.0 Å². The predicted molar refractivity (Wildman–Crippen MR) is 132 cm³/mol. The van der Waals surface area contributed by atoms with E-state index in [9.17, 15) is 4.79 Å². The minimum Gasteiger partial charge on any atom is -0.459 e. The molecule has 0 heterocycles. The molecule has 0 saturated heterocycles. The number of hydrogen-bond acceptors (Lipinski definition) is 6. The fourth-order valence-electron chi connectivity index (χ4n) is 3.68. The van der Waals surface area contributed by atoms with E-state index in [0.29, 0.717) is 0 Å². The summed E-state index contributed by atoms with van der Waals surface area (Å²) in [5.74, 6) is -0.564. The number of nitrogens with two attached hydrogens (primary N) is 4. The van der Waals surface area contributed by atoms with Gasteiger partial charge in [-0.25, -0.2) is 0 Å². The van der Waals surface area contributed by atoms with Gasteiger partial charge in [0, 0.05) is 28.0 Å². The SMILES string of the molecule is CC(C)(C)OC(=O)C(Cc1ccccc1Br)(C(N)CN)C(N)(N)Cc1ccccc1Br. The van der Waals surface area contributed by atoms with Gasteiger partial charge in [0.05, 0.1) is 5.66 Å². The van der Waals surface area contributed by atoms with E-state index in [1.807, 2.05) is 48.5 Å². The zero-order valence-electron chi connectivity index (χ0n) is 18.2. The molecule has 2 aromatic rings. The first kappa shape index (κ1) is 26.0. The second kappa shape index (κ2) is 10.1. The Balaban J connectivity index is 2.69. The van der Waals surface area contributed by atoms with Crippen LogP contribution >= 0.6 is 31.9 Å². The van der Waals surface area contributed by atoms with Crippen molar-refractivity contribution in [3.05, 3.63) is 68.6 Å². The lowest BCUT2D eigenvalue weighted by molar-refractivity contribution is -0.174. The van der Waals surface area contributed by atoms with E-state index in [1.165, 1.54) is 0 Å². The number of carbonyl (C=O) groups excluding carboxylic acids is 1. The molecule has 0 aliphatic carbocycles. The van der Waals surface area contributed by atoms with Crippen LogP contribution in [0.4, 0.5) is 0 Å². The third kappa shape index (κ3) is 5.94. The van der Waals surface area contributed by atoms with Gasteiger partial charge in [0.15, 0.2) is 0 Å². The molecule has 170 valence electrons. The van der Waals surface area contributed by atoms with Crippen LogP contribution in [0.15, 0.2) is 57.5 Å². The largest absolute Gasteiger partial charge is 0.459 e. The fourth-order valence-corrected chi connectivity index (χ4v) is 4.53. The lowest BCUT2D eigenvalue weighted by Gasteiger charge is -2.48. The first-order chi connectivity index (χ1) is 14.3. The maximum Gasteiger partial charge on any atom is 0.317 e. The lowest BCUT2D eigenvalue weighted by Crippen LogP contribution is -2.75. The van der Waals surface area contributed by atoms with Gasteiger partial charge in [-0.2, -0.15) is 0 Å². The highest BCUT2D eigenvalue weighted by molar-refractivity contribution is 9.10. The van der Waals surface area contributed by atoms with Gasteiger partial charge in [-0.1, -0.05) is 68.3 Å². The van der Waals surface area contributed by atoms with Crippen LogP contribution in [-0.4, -0.2) is 29.8 Å². The van der Waals surface area contributed by atoms with Crippen molar-refractivity contribution in [2.75, 3.05) is 6.54 Å². The maximum absolute atomic E-state index is 13.8. The van der Waals surface area contributed by atoms with Crippen molar-refractivity contribution < 1.29 is 9.53 Å². The second-order valence-electron chi connectivity index (χ2n) is 8.89. The summed E-state index contributed by atoms with van der Waals surface area (Å²) in [6, 6.07) is 14.3. The summed E-state index contributed by atoms with van der Waals surface area (Å²) in [4.78, 5) is 13.8. The molecular weight excluding hydrogens is 524 g/mol. The molecule has 0 spiro atoms. The molecule has 0 aliphatic rings. The average molecular weight is 556 g/mol. The minimum absolute atomic E-state index is 0.00973. The summed E-state index contributed by atoms with van der Waals surface area (Å²) in [6.07, 6.45) is 0.352. The highest BCUT2D eigenvalue weighted by Crippen LogP contribution is 2.40. The molecule has 0 fully saturated rings. The summed E-state index contributed by atoms with van der Waals surface area (Å²) in [5.41, 5.74) is 24.0. The number of carbonyl (C=O) groups is 1. The van der Waals surface area contributed by atoms with Gasteiger partial charge in [-0.3, -0.25) is 4.79 Å². The highest BCUT2D eigenvalue weighted by atomic mass is 79.9. The van der Waals surface area contributed by atoms with Crippen molar-refractivity contribution in [3.63, 3.8) is 0 Å². The Kier molecular flexibility index (Phi) is 8.46. The topological polar surface area (TPSA) is 130 Å². The zero-order chi connectivity index (χ0) is 23.4. The first-order valence-corrected chi connectivity index (χ1v) is 11.7. The van der Waals surface area contributed by atoms with E-state index in [1.54, 1.807) is 20.8 Å². The first-order valence-electron chi connectivity index (χ1n) is 10.1. The van der Waals surface area contributed by atoms with Gasteiger partial charge in [0.25, 0.3) is 0 Å². The average Bonchev–Trinajstić information content (AvgIpc) is 2.66. The number of ether oxygens (including phenoxy) is 1. The predicted octanol–water partition coefficient (Wildman–Crippen LogP) is 3.22. The molecule has 0 aromatic heterocycles. The molecule has 2 atom stereocenters. The minimum atomic E-state index is -1.56. The van der Waals surface area contributed by atoms with Gasteiger partial charge >= 0.3 is 5.97 Å². The van der Waals surface area contributed by atoms with Crippen LogP contribution in [0, 0.1) is 5.41 Å². The summed E-state index contributed by atoms with van der Waals surface area (Å²) >= 11 is 7.11. The number of esters is 1. The Morgan fingerprint density at radius 3 is 1.81 bits per heavy atom. The van der Waals surface area contributed by atoms with Crippen LogP contribution in [0.1, 0.15) is 31.9 Å². The van der Waals surface area contributed by atoms with Crippen LogP contribution in [-0.2, 0) is 22.4 Å². The molecule has 8 N–H and O–H groups in total. The quantitative estimate of drug-likeness (QED) is 0.292. The smallest absolute Gasteiger partial charge is 0.317 e. The molecule has 2 unspecified atom stereocenters. The number of benzene rings is 2. The van der Waals surface area contributed by atoms with E-state index in [0.717, 1.165) is 20.1 Å². The van der Waals surface area contributed by atoms with Crippen molar-refractivity contribution in [1.29, 1.82) is 0 Å². The monoisotopic (exact) mass is 554 g/mol. The van der Waals surface area contributed by atoms with Gasteiger partial charge in [-0.05, 0) is 50.5 Å². The Morgan fingerprint density at radius 2 is 1.39 bits per heavy atom. The summed E-state index contributed by atoms with van der Waals surface area (Å²) in [7, 11) is 0. The molecule has 8 heteroatoms. The molecule has 2 aromatic carbocycles.